The van der Waals surface area contributed by atoms with Gasteiger partial charge >= 0.3 is 0 Å². The van der Waals surface area contributed by atoms with Crippen LogP contribution in [0.2, 0.25) is 0 Å². The maximum absolute atomic E-state index is 12.0. The molecule has 0 aliphatic carbocycles. The first kappa shape index (κ1) is 16.8. The predicted octanol–water partition coefficient (Wildman–Crippen LogP) is 3.56. The highest BCUT2D eigenvalue weighted by atomic mass is 32.2. The molecule has 1 aliphatic heterocycles. The molecule has 0 saturated carbocycles. The lowest BCUT2D eigenvalue weighted by molar-refractivity contribution is -0.121. The molecule has 6 heteroatoms. The molecule has 1 amide bonds. The smallest absolute Gasteiger partial charge is 0.265 e. The molecule has 2 rings (SSSR count). The molecule has 22 heavy (non-hydrogen) atoms. The number of nitrogens with zero attached hydrogens (tertiary/aromatic N) is 1. The number of methoxy groups -OCH3 is 1. The van der Waals surface area contributed by atoms with Crippen LogP contribution in [0.5, 0.6) is 11.5 Å². The van der Waals surface area contributed by atoms with Gasteiger partial charge in [0.2, 0.25) is 0 Å². The van der Waals surface area contributed by atoms with Crippen molar-refractivity contribution in [2.75, 3.05) is 20.8 Å². The van der Waals surface area contributed by atoms with E-state index in [9.17, 15) is 4.79 Å². The number of benzene rings is 1. The Bertz CT molecular complexity index is 626. The fraction of sp³-hybridized carbons (Fsp3) is 0.375. The zero-order valence-corrected chi connectivity index (χ0v) is 14.7. The molecule has 1 aromatic rings. The van der Waals surface area contributed by atoms with Crippen molar-refractivity contribution in [2.24, 2.45) is 5.92 Å². The molecule has 4 nitrogen and oxygen atoms in total. The van der Waals surface area contributed by atoms with Crippen molar-refractivity contribution in [3.05, 3.63) is 28.7 Å². The number of rotatable bonds is 5. The lowest BCUT2D eigenvalue weighted by Crippen LogP contribution is -2.22. The molecule has 1 fully saturated rings. The molecule has 0 radical (unpaired) electrons. The zero-order chi connectivity index (χ0) is 16.3. The number of thiocarbonyl (C=S) groups is 1. The minimum absolute atomic E-state index is 0.0749. The summed E-state index contributed by atoms with van der Waals surface area (Å²) in [5, 5.41) is 0. The Kier molecular flexibility index (Phi) is 5.47. The van der Waals surface area contributed by atoms with Crippen LogP contribution in [-0.4, -0.2) is 35.9 Å². The average molecular weight is 337 g/mol. The van der Waals surface area contributed by atoms with Crippen LogP contribution in [-0.2, 0) is 4.79 Å². The lowest BCUT2D eigenvalue weighted by atomic mass is 10.1. The van der Waals surface area contributed by atoms with Gasteiger partial charge in [0.15, 0.2) is 11.5 Å². The topological polar surface area (TPSA) is 38.8 Å². The molecule has 1 heterocycles. The van der Waals surface area contributed by atoms with E-state index in [4.69, 9.17) is 21.7 Å². The van der Waals surface area contributed by atoms with E-state index in [2.05, 4.69) is 13.8 Å². The van der Waals surface area contributed by atoms with Crippen LogP contribution in [0.4, 0.5) is 0 Å². The van der Waals surface area contributed by atoms with Crippen molar-refractivity contribution in [3.8, 4) is 11.5 Å². The van der Waals surface area contributed by atoms with Gasteiger partial charge < -0.3 is 9.47 Å². The quantitative estimate of drug-likeness (QED) is 0.607. The summed E-state index contributed by atoms with van der Waals surface area (Å²) in [5.41, 5.74) is 0.877. The van der Waals surface area contributed by atoms with E-state index >= 15 is 0 Å². The molecule has 1 saturated heterocycles. The van der Waals surface area contributed by atoms with E-state index in [1.54, 1.807) is 14.2 Å². The summed E-state index contributed by atoms with van der Waals surface area (Å²) in [6.07, 6.45) is 1.82. The summed E-state index contributed by atoms with van der Waals surface area (Å²) >= 11 is 6.43. The Morgan fingerprint density at radius 1 is 1.36 bits per heavy atom. The number of thioether (sulfide) groups is 1. The summed E-state index contributed by atoms with van der Waals surface area (Å²) < 4.78 is 11.7. The van der Waals surface area contributed by atoms with E-state index in [0.29, 0.717) is 33.2 Å². The molecule has 0 spiro atoms. The molecule has 0 atom stereocenters. The van der Waals surface area contributed by atoms with Crippen molar-refractivity contribution >= 4 is 40.3 Å². The monoisotopic (exact) mass is 337 g/mol. The summed E-state index contributed by atoms with van der Waals surface area (Å²) in [4.78, 5) is 14.1. The highest BCUT2D eigenvalue weighted by molar-refractivity contribution is 8.26. The minimum Gasteiger partial charge on any atom is -0.493 e. The molecule has 0 bridgehead atoms. The van der Waals surface area contributed by atoms with Crippen molar-refractivity contribution < 1.29 is 14.3 Å². The number of ether oxygens (including phenoxy) is 2. The second-order valence-corrected chi connectivity index (χ2v) is 7.03. The minimum atomic E-state index is -0.0749. The van der Waals surface area contributed by atoms with Gasteiger partial charge in [-0.05, 0) is 29.7 Å². The van der Waals surface area contributed by atoms with Gasteiger partial charge in [0.1, 0.15) is 4.32 Å². The molecule has 1 aliphatic rings. The molecule has 1 aromatic carbocycles. The maximum atomic E-state index is 12.0. The standard InChI is InChI=1S/C16H19NO3S2/c1-10(2)9-20-12-6-5-11(7-13(12)19-4)8-14-15(18)17(3)16(21)22-14/h5-8,10H,9H2,1-4H3. The molecular formula is C16H19NO3S2. The number of hydrogen-bond acceptors (Lipinski definition) is 5. The van der Waals surface area contributed by atoms with Gasteiger partial charge in [0.05, 0.1) is 18.6 Å². The number of likely N-dealkylation sites (N-methyl/N-ethyl adjacent to an activating group) is 1. The van der Waals surface area contributed by atoms with Gasteiger partial charge in [-0.3, -0.25) is 9.69 Å². The van der Waals surface area contributed by atoms with Crippen LogP contribution >= 0.6 is 24.0 Å². The second-order valence-electron chi connectivity index (χ2n) is 5.36. The number of carbonyl (C=O) groups is 1. The van der Waals surface area contributed by atoms with E-state index in [1.165, 1.54) is 16.7 Å². The maximum Gasteiger partial charge on any atom is 0.265 e. The predicted molar refractivity (Wildman–Crippen MR) is 94.3 cm³/mol. The van der Waals surface area contributed by atoms with Crippen molar-refractivity contribution in [3.63, 3.8) is 0 Å². The van der Waals surface area contributed by atoms with Crippen LogP contribution < -0.4 is 9.47 Å². The van der Waals surface area contributed by atoms with Gasteiger partial charge in [-0.2, -0.15) is 0 Å². The van der Waals surface area contributed by atoms with E-state index in [0.717, 1.165) is 5.56 Å². The van der Waals surface area contributed by atoms with Crippen molar-refractivity contribution in [1.82, 2.24) is 4.90 Å². The van der Waals surface area contributed by atoms with Gasteiger partial charge in [0, 0.05) is 7.05 Å². The van der Waals surface area contributed by atoms with Gasteiger partial charge in [-0.15, -0.1) is 0 Å². The highest BCUT2D eigenvalue weighted by Crippen LogP contribution is 2.34. The summed E-state index contributed by atoms with van der Waals surface area (Å²) in [6, 6.07) is 5.62. The lowest BCUT2D eigenvalue weighted by Gasteiger charge is -2.13. The third-order valence-electron chi connectivity index (χ3n) is 3.04. The Morgan fingerprint density at radius 2 is 2.09 bits per heavy atom. The second kappa shape index (κ2) is 7.15. The normalized spacial score (nSPS) is 16.8. The SMILES string of the molecule is COc1cc(C=C2SC(=S)N(C)C2=O)ccc1OCC(C)C. The average Bonchev–Trinajstić information content (AvgIpc) is 2.73. The van der Waals surface area contributed by atoms with Crippen LogP contribution in [0.1, 0.15) is 19.4 Å². The largest absolute Gasteiger partial charge is 0.493 e. The molecule has 0 unspecified atom stereocenters. The fourth-order valence-corrected chi connectivity index (χ4v) is 3.03. The highest BCUT2D eigenvalue weighted by Gasteiger charge is 2.28. The van der Waals surface area contributed by atoms with Gasteiger partial charge in [-0.1, -0.05) is 43.9 Å². The van der Waals surface area contributed by atoms with Crippen molar-refractivity contribution in [1.29, 1.82) is 0 Å². The van der Waals surface area contributed by atoms with Gasteiger partial charge in [-0.25, -0.2) is 0 Å². The first-order valence-electron chi connectivity index (χ1n) is 6.94. The first-order chi connectivity index (χ1) is 10.4. The number of hydrogen-bond donors (Lipinski definition) is 0. The van der Waals surface area contributed by atoms with E-state index in [-0.39, 0.29) is 5.91 Å². The van der Waals surface area contributed by atoms with Crippen LogP contribution in [0.3, 0.4) is 0 Å². The molecule has 118 valence electrons. The van der Waals surface area contributed by atoms with E-state index < -0.39 is 0 Å². The third-order valence-corrected chi connectivity index (χ3v) is 4.53. The number of amides is 1. The summed E-state index contributed by atoms with van der Waals surface area (Å²) in [7, 11) is 3.29. The Morgan fingerprint density at radius 3 is 2.64 bits per heavy atom. The first-order valence-corrected chi connectivity index (χ1v) is 8.17. The van der Waals surface area contributed by atoms with Crippen molar-refractivity contribution in [2.45, 2.75) is 13.8 Å². The Hall–Kier alpha value is -1.53. The zero-order valence-electron chi connectivity index (χ0n) is 13.1. The number of carbonyl (C=O) groups excluding carboxylic acids is 1. The van der Waals surface area contributed by atoms with E-state index in [1.807, 2.05) is 24.3 Å². The molecular weight excluding hydrogens is 318 g/mol. The molecule has 0 aromatic heterocycles. The van der Waals surface area contributed by atoms with Crippen LogP contribution in [0.25, 0.3) is 6.08 Å². The van der Waals surface area contributed by atoms with Gasteiger partial charge in [0.25, 0.3) is 5.91 Å². The summed E-state index contributed by atoms with van der Waals surface area (Å²) in [6.45, 7) is 4.81. The molecule has 0 N–H and O–H groups in total. The van der Waals surface area contributed by atoms with Crippen LogP contribution in [0.15, 0.2) is 23.1 Å². The fourth-order valence-electron chi connectivity index (χ4n) is 1.85. The Balaban J connectivity index is 2.23. The van der Waals surface area contributed by atoms with Crippen LogP contribution in [0, 0.1) is 5.92 Å². The Labute approximate surface area is 140 Å². The summed E-state index contributed by atoms with van der Waals surface area (Å²) in [5.74, 6) is 1.72. The third kappa shape index (κ3) is 3.81.